The number of H-pyrrole nitrogens is 1. The van der Waals surface area contributed by atoms with Crippen molar-refractivity contribution in [3.8, 4) is 23.1 Å². The number of nitrogens with zero attached hydrogens (tertiary/aromatic N) is 6. The minimum Gasteiger partial charge on any atom is -0.344 e. The Morgan fingerprint density at radius 2 is 2.00 bits per heavy atom. The number of imidazole rings is 1. The standard InChI is InChI=1S/C27H27FN8O2/c1-15-32-21(14-36(15)18-7-5-6-17(28)8-18)20-11-31-24-22(33-20)19(10-30-24)25(37)34-23(27(2,3)4)26(38)35-12-16(9-29)13-35/h5-8,10-11,14,16,23H,12-13H2,1-4H3,(H,30,31)(H,34,37)/t23-/m0/s1. The molecule has 1 aromatic carbocycles. The van der Waals surface area contributed by atoms with E-state index in [-0.39, 0.29) is 23.2 Å². The number of aromatic nitrogens is 5. The largest absolute Gasteiger partial charge is 0.344 e. The highest BCUT2D eigenvalue weighted by Gasteiger charge is 2.40. The lowest BCUT2D eigenvalue weighted by atomic mass is 9.84. The van der Waals surface area contributed by atoms with Gasteiger partial charge in [-0.05, 0) is 30.5 Å². The lowest BCUT2D eigenvalue weighted by Crippen LogP contribution is -2.60. The number of hydrogen-bond donors (Lipinski definition) is 2. The van der Waals surface area contributed by atoms with Crippen molar-refractivity contribution >= 4 is 23.0 Å². The predicted octanol–water partition coefficient (Wildman–Crippen LogP) is 3.38. The average molecular weight is 515 g/mol. The molecule has 38 heavy (non-hydrogen) atoms. The molecule has 3 aromatic heterocycles. The SMILES string of the molecule is Cc1nc(-c2cnc3[nH]cc(C(=O)N[C@@H](C(=O)N4CC(C#N)C4)C(C)(C)C)c3n2)cn1-c1cccc(F)c1. The molecule has 0 bridgehead atoms. The van der Waals surface area contributed by atoms with Crippen molar-refractivity contribution in [2.75, 3.05) is 13.1 Å². The number of carbonyl (C=O) groups excluding carboxylic acids is 2. The van der Waals surface area contributed by atoms with Gasteiger partial charge in [-0.15, -0.1) is 0 Å². The first-order valence-corrected chi connectivity index (χ1v) is 12.2. The van der Waals surface area contributed by atoms with Crippen molar-refractivity contribution in [2.24, 2.45) is 11.3 Å². The predicted molar refractivity (Wildman–Crippen MR) is 138 cm³/mol. The van der Waals surface area contributed by atoms with Gasteiger partial charge in [0.2, 0.25) is 5.91 Å². The maximum Gasteiger partial charge on any atom is 0.255 e. The molecule has 0 aliphatic carbocycles. The zero-order chi connectivity index (χ0) is 27.2. The molecule has 10 nitrogen and oxygen atoms in total. The first kappa shape index (κ1) is 25.1. The lowest BCUT2D eigenvalue weighted by Gasteiger charge is -2.41. The van der Waals surface area contributed by atoms with Gasteiger partial charge >= 0.3 is 0 Å². The summed E-state index contributed by atoms with van der Waals surface area (Å²) >= 11 is 0. The van der Waals surface area contributed by atoms with Crippen LogP contribution in [-0.4, -0.2) is 60.3 Å². The Bertz CT molecular complexity index is 1590. The van der Waals surface area contributed by atoms with Crippen molar-refractivity contribution in [3.05, 3.63) is 60.1 Å². The molecular formula is C27H27FN8O2. The van der Waals surface area contributed by atoms with Gasteiger partial charge in [0.15, 0.2) is 5.65 Å². The van der Waals surface area contributed by atoms with E-state index in [9.17, 15) is 14.0 Å². The van der Waals surface area contributed by atoms with E-state index in [0.29, 0.717) is 47.2 Å². The molecule has 11 heteroatoms. The summed E-state index contributed by atoms with van der Waals surface area (Å²) in [5, 5.41) is 11.9. The van der Waals surface area contributed by atoms with Crippen molar-refractivity contribution in [3.63, 3.8) is 0 Å². The summed E-state index contributed by atoms with van der Waals surface area (Å²) in [6.45, 7) is 8.16. The van der Waals surface area contributed by atoms with Crippen LogP contribution in [-0.2, 0) is 4.79 Å². The molecule has 1 saturated heterocycles. The number of nitrogens with one attached hydrogen (secondary N) is 2. The molecule has 0 spiro atoms. The zero-order valence-corrected chi connectivity index (χ0v) is 21.5. The molecule has 0 saturated carbocycles. The second-order valence-corrected chi connectivity index (χ2v) is 10.5. The monoisotopic (exact) mass is 514 g/mol. The van der Waals surface area contributed by atoms with Gasteiger partial charge in [-0.25, -0.2) is 19.3 Å². The normalized spacial score (nSPS) is 14.7. The molecule has 2 N–H and O–H groups in total. The van der Waals surface area contributed by atoms with Gasteiger partial charge in [0, 0.05) is 31.2 Å². The summed E-state index contributed by atoms with van der Waals surface area (Å²) < 4.78 is 15.5. The Morgan fingerprint density at radius 3 is 2.68 bits per heavy atom. The Balaban J connectivity index is 1.43. The maximum atomic E-state index is 13.8. The van der Waals surface area contributed by atoms with E-state index in [2.05, 4.69) is 31.3 Å². The molecule has 1 atom stereocenters. The van der Waals surface area contributed by atoms with E-state index >= 15 is 0 Å². The zero-order valence-electron chi connectivity index (χ0n) is 21.5. The van der Waals surface area contributed by atoms with E-state index < -0.39 is 17.4 Å². The van der Waals surface area contributed by atoms with Gasteiger partial charge < -0.3 is 19.8 Å². The second-order valence-electron chi connectivity index (χ2n) is 10.5. The molecule has 2 amide bonds. The second kappa shape index (κ2) is 9.37. The fourth-order valence-corrected chi connectivity index (χ4v) is 4.45. The average Bonchev–Trinajstić information content (AvgIpc) is 3.44. The summed E-state index contributed by atoms with van der Waals surface area (Å²) in [6, 6.07) is 7.55. The molecule has 0 radical (unpaired) electrons. The highest BCUT2D eigenvalue weighted by Crippen LogP contribution is 2.27. The molecule has 5 rings (SSSR count). The Hall–Kier alpha value is -4.59. The topological polar surface area (TPSA) is 133 Å². The highest BCUT2D eigenvalue weighted by atomic mass is 19.1. The van der Waals surface area contributed by atoms with Crippen LogP contribution in [0.3, 0.4) is 0 Å². The van der Waals surface area contributed by atoms with E-state index in [4.69, 9.17) is 5.26 Å². The van der Waals surface area contributed by atoms with E-state index in [1.807, 2.05) is 20.8 Å². The quantitative estimate of drug-likeness (QED) is 0.420. The number of benzene rings is 1. The van der Waals surface area contributed by atoms with Crippen LogP contribution in [0.15, 0.2) is 42.9 Å². The third-order valence-corrected chi connectivity index (χ3v) is 6.62. The molecular weight excluding hydrogens is 487 g/mol. The fraction of sp³-hybridized carbons (Fsp3) is 0.333. The first-order chi connectivity index (χ1) is 18.0. The number of fused-ring (bicyclic) bond motifs is 1. The summed E-state index contributed by atoms with van der Waals surface area (Å²) in [7, 11) is 0. The van der Waals surface area contributed by atoms with Crippen molar-refractivity contribution in [1.82, 2.24) is 34.7 Å². The van der Waals surface area contributed by atoms with Crippen LogP contribution in [0.4, 0.5) is 4.39 Å². The van der Waals surface area contributed by atoms with Gasteiger partial charge in [0.05, 0.1) is 23.7 Å². The first-order valence-electron chi connectivity index (χ1n) is 12.2. The van der Waals surface area contributed by atoms with Crippen LogP contribution in [0.1, 0.15) is 37.0 Å². The third kappa shape index (κ3) is 4.61. The highest BCUT2D eigenvalue weighted by molar-refractivity contribution is 6.06. The summed E-state index contributed by atoms with van der Waals surface area (Å²) in [6.07, 6.45) is 4.80. The van der Waals surface area contributed by atoms with Crippen LogP contribution < -0.4 is 5.32 Å². The van der Waals surface area contributed by atoms with E-state index in [0.717, 1.165) is 0 Å². The molecule has 1 aliphatic heterocycles. The third-order valence-electron chi connectivity index (χ3n) is 6.62. The molecule has 4 aromatic rings. The molecule has 194 valence electrons. The van der Waals surface area contributed by atoms with E-state index in [1.54, 1.807) is 40.9 Å². The van der Waals surface area contributed by atoms with Gasteiger partial charge in [-0.2, -0.15) is 5.26 Å². The summed E-state index contributed by atoms with van der Waals surface area (Å²) in [5.74, 6) is -0.578. The van der Waals surface area contributed by atoms with Crippen molar-refractivity contribution in [2.45, 2.75) is 33.7 Å². The number of rotatable bonds is 5. The van der Waals surface area contributed by atoms with Gasteiger partial charge in [-0.3, -0.25) is 9.59 Å². The maximum absolute atomic E-state index is 13.8. The van der Waals surface area contributed by atoms with Crippen molar-refractivity contribution in [1.29, 1.82) is 5.26 Å². The molecule has 0 unspecified atom stereocenters. The van der Waals surface area contributed by atoms with Gasteiger partial charge in [0.25, 0.3) is 5.91 Å². The number of aryl methyl sites for hydroxylation is 1. The number of likely N-dealkylation sites (tertiary alicyclic amines) is 1. The number of aromatic amines is 1. The van der Waals surface area contributed by atoms with Crippen LogP contribution in [0.25, 0.3) is 28.2 Å². The van der Waals surface area contributed by atoms with E-state index in [1.165, 1.54) is 18.3 Å². The van der Waals surface area contributed by atoms with Crippen LogP contribution >= 0.6 is 0 Å². The smallest absolute Gasteiger partial charge is 0.255 e. The Labute approximate surface area is 218 Å². The number of halogens is 1. The Kier molecular flexibility index (Phi) is 6.18. The number of hydrogen-bond acceptors (Lipinski definition) is 6. The van der Waals surface area contributed by atoms with Crippen LogP contribution in [0.5, 0.6) is 0 Å². The molecule has 1 aliphatic rings. The summed E-state index contributed by atoms with van der Waals surface area (Å²) in [5.41, 5.74) is 2.02. The lowest BCUT2D eigenvalue weighted by molar-refractivity contribution is -0.141. The number of nitriles is 1. The van der Waals surface area contributed by atoms with Crippen molar-refractivity contribution < 1.29 is 14.0 Å². The van der Waals surface area contributed by atoms with Gasteiger partial charge in [-0.1, -0.05) is 26.8 Å². The van der Waals surface area contributed by atoms with Gasteiger partial charge in [0.1, 0.15) is 34.6 Å². The number of amides is 2. The van der Waals surface area contributed by atoms with Crippen LogP contribution in [0, 0.1) is 35.4 Å². The Morgan fingerprint density at radius 1 is 1.24 bits per heavy atom. The number of carbonyl (C=O) groups is 2. The van der Waals surface area contributed by atoms with Crippen LogP contribution in [0.2, 0.25) is 0 Å². The summed E-state index contributed by atoms with van der Waals surface area (Å²) in [4.78, 5) is 44.7. The fourth-order valence-electron chi connectivity index (χ4n) is 4.45. The minimum atomic E-state index is -0.791. The molecule has 4 heterocycles. The molecule has 1 fully saturated rings. The minimum absolute atomic E-state index is 0.175.